The molecule has 13 heavy (non-hydrogen) atoms. The van der Waals surface area contributed by atoms with Crippen LogP contribution in [0.2, 0.25) is 0 Å². The Morgan fingerprint density at radius 2 is 2.15 bits per heavy atom. The Morgan fingerprint density at radius 3 is 2.54 bits per heavy atom. The third-order valence-corrected chi connectivity index (χ3v) is 4.68. The third-order valence-electron chi connectivity index (χ3n) is 2.79. The third kappa shape index (κ3) is 2.13. The lowest BCUT2D eigenvalue weighted by Crippen LogP contribution is -2.46. The minimum absolute atomic E-state index is 0.0737. The molecule has 4 atom stereocenters. The zero-order valence-electron chi connectivity index (χ0n) is 8.30. The first-order valence-corrected chi connectivity index (χ1v) is 6.23. The topological polar surface area (TPSA) is 72.5 Å². The van der Waals surface area contributed by atoms with Crippen LogP contribution < -0.4 is 5.73 Å². The number of hydrogen-bond donors (Lipinski definition) is 2. The molecule has 78 valence electrons. The lowest BCUT2D eigenvalue weighted by atomic mass is 9.86. The van der Waals surface area contributed by atoms with Crippen LogP contribution in [0.3, 0.4) is 0 Å². The minimum Gasteiger partial charge on any atom is -0.325 e. The molecule has 0 aromatic rings. The fourth-order valence-corrected chi connectivity index (χ4v) is 3.67. The van der Waals surface area contributed by atoms with Crippen LogP contribution in [0.5, 0.6) is 0 Å². The van der Waals surface area contributed by atoms with Gasteiger partial charge < -0.3 is 15.2 Å². The first-order valence-electron chi connectivity index (χ1n) is 4.59. The summed E-state index contributed by atoms with van der Waals surface area (Å²) in [5.41, 5.74) is 5.48. The van der Waals surface area contributed by atoms with Crippen molar-refractivity contribution in [1.82, 2.24) is 0 Å². The van der Waals surface area contributed by atoms with Crippen molar-refractivity contribution in [1.29, 1.82) is 0 Å². The van der Waals surface area contributed by atoms with E-state index in [1.165, 1.54) is 0 Å². The van der Waals surface area contributed by atoms with Crippen molar-refractivity contribution in [3.63, 3.8) is 0 Å². The summed E-state index contributed by atoms with van der Waals surface area (Å²) >= 11 is 0. The Kier molecular flexibility index (Phi) is 3.18. The maximum Gasteiger partial charge on any atom is 0.331 e. The lowest BCUT2D eigenvalue weighted by molar-refractivity contribution is 0.142. The van der Waals surface area contributed by atoms with Crippen LogP contribution in [0.25, 0.3) is 0 Å². The van der Waals surface area contributed by atoms with E-state index in [4.69, 9.17) is 10.3 Å². The molecule has 4 unspecified atom stereocenters. The van der Waals surface area contributed by atoms with Crippen molar-refractivity contribution in [3.8, 4) is 0 Å². The molecular formula is C8H18NO3P. The van der Waals surface area contributed by atoms with Gasteiger partial charge in [-0.2, -0.15) is 0 Å². The summed E-state index contributed by atoms with van der Waals surface area (Å²) in [7, 11) is -3.41. The van der Waals surface area contributed by atoms with Crippen LogP contribution >= 0.6 is 7.60 Å². The number of rotatable bonds is 1. The molecule has 0 aromatic heterocycles. The summed E-state index contributed by atoms with van der Waals surface area (Å²) in [5, 5.41) is 0. The fourth-order valence-electron chi connectivity index (χ4n) is 2.05. The van der Waals surface area contributed by atoms with E-state index in [-0.39, 0.29) is 24.2 Å². The second-order valence-electron chi connectivity index (χ2n) is 4.09. The number of nitrogens with two attached hydrogens (primary N) is 1. The summed E-state index contributed by atoms with van der Waals surface area (Å²) in [6, 6.07) is -0.121. The van der Waals surface area contributed by atoms with Crippen LogP contribution in [-0.2, 0) is 9.09 Å². The van der Waals surface area contributed by atoms with Gasteiger partial charge >= 0.3 is 7.60 Å². The second kappa shape index (κ2) is 3.70. The Bertz CT molecular complexity index is 231. The van der Waals surface area contributed by atoms with Gasteiger partial charge in [0.2, 0.25) is 0 Å². The van der Waals surface area contributed by atoms with Gasteiger partial charge in [0.05, 0.1) is 12.3 Å². The molecule has 1 aliphatic rings. The Balaban J connectivity index is 2.85. The predicted octanol–water partition coefficient (Wildman–Crippen LogP) is 1.19. The average molecular weight is 207 g/mol. The van der Waals surface area contributed by atoms with Gasteiger partial charge in [-0.15, -0.1) is 0 Å². The van der Waals surface area contributed by atoms with Crippen molar-refractivity contribution in [3.05, 3.63) is 0 Å². The lowest BCUT2D eigenvalue weighted by Gasteiger charge is -2.39. The Hall–Kier alpha value is 0.110. The highest BCUT2D eigenvalue weighted by molar-refractivity contribution is 7.53. The van der Waals surface area contributed by atoms with Crippen molar-refractivity contribution < 1.29 is 14.0 Å². The van der Waals surface area contributed by atoms with Crippen LogP contribution in [0.15, 0.2) is 0 Å². The minimum atomic E-state index is -3.41. The van der Waals surface area contributed by atoms with Gasteiger partial charge in [-0.05, 0) is 11.8 Å². The Labute approximate surface area is 79.0 Å². The van der Waals surface area contributed by atoms with Gasteiger partial charge in [-0.25, -0.2) is 0 Å². The van der Waals surface area contributed by atoms with E-state index in [0.29, 0.717) is 5.92 Å². The van der Waals surface area contributed by atoms with E-state index in [0.717, 1.165) is 0 Å². The SMILES string of the molecule is CC(C)C1C(N)COP(=O)(O)C1C. The van der Waals surface area contributed by atoms with E-state index in [9.17, 15) is 9.46 Å². The molecule has 4 nitrogen and oxygen atoms in total. The molecule has 0 spiro atoms. The molecule has 1 heterocycles. The van der Waals surface area contributed by atoms with Gasteiger partial charge in [0.1, 0.15) is 0 Å². The van der Waals surface area contributed by atoms with E-state index in [2.05, 4.69) is 0 Å². The standard InChI is InChI=1S/C8H18NO3P/c1-5(2)8-6(3)13(10,11)12-4-7(8)9/h5-8H,4,9H2,1-3H3,(H,10,11). The van der Waals surface area contributed by atoms with Crippen LogP contribution in [0.4, 0.5) is 0 Å². The van der Waals surface area contributed by atoms with E-state index in [1.807, 2.05) is 13.8 Å². The van der Waals surface area contributed by atoms with Crippen LogP contribution in [-0.4, -0.2) is 23.2 Å². The first-order chi connectivity index (χ1) is 5.86. The highest BCUT2D eigenvalue weighted by atomic mass is 31.2. The largest absolute Gasteiger partial charge is 0.331 e. The summed E-state index contributed by atoms with van der Waals surface area (Å²) in [4.78, 5) is 9.46. The van der Waals surface area contributed by atoms with Gasteiger partial charge in [0, 0.05) is 6.04 Å². The molecule has 1 aliphatic heterocycles. The molecule has 1 fully saturated rings. The van der Waals surface area contributed by atoms with E-state index >= 15 is 0 Å². The second-order valence-corrected chi connectivity index (χ2v) is 6.29. The van der Waals surface area contributed by atoms with Gasteiger partial charge in [-0.1, -0.05) is 20.8 Å². The van der Waals surface area contributed by atoms with Crippen molar-refractivity contribution >= 4 is 7.60 Å². The van der Waals surface area contributed by atoms with Crippen molar-refractivity contribution in [2.24, 2.45) is 17.6 Å². The monoisotopic (exact) mass is 207 g/mol. The molecule has 5 heteroatoms. The molecule has 0 saturated carbocycles. The normalized spacial score (nSPS) is 46.8. The van der Waals surface area contributed by atoms with Crippen molar-refractivity contribution in [2.75, 3.05) is 6.61 Å². The molecule has 0 amide bonds. The van der Waals surface area contributed by atoms with Crippen molar-refractivity contribution in [2.45, 2.75) is 32.5 Å². The fraction of sp³-hybridized carbons (Fsp3) is 1.00. The van der Waals surface area contributed by atoms with Gasteiger partial charge in [0.15, 0.2) is 0 Å². The van der Waals surface area contributed by atoms with Crippen LogP contribution in [0, 0.1) is 11.8 Å². The van der Waals surface area contributed by atoms with Crippen LogP contribution in [0.1, 0.15) is 20.8 Å². The molecule has 1 saturated heterocycles. The zero-order valence-corrected chi connectivity index (χ0v) is 9.20. The maximum atomic E-state index is 11.5. The zero-order chi connectivity index (χ0) is 10.2. The summed E-state index contributed by atoms with van der Waals surface area (Å²) < 4.78 is 16.4. The first kappa shape index (κ1) is 11.2. The average Bonchev–Trinajstić information content (AvgIpc) is 1.98. The summed E-state index contributed by atoms with van der Waals surface area (Å²) in [6.07, 6.45) is 0. The smallest absolute Gasteiger partial charge is 0.325 e. The summed E-state index contributed by atoms with van der Waals surface area (Å²) in [6.45, 7) is 5.98. The summed E-state index contributed by atoms with van der Waals surface area (Å²) in [5.74, 6) is 0.388. The molecule has 1 rings (SSSR count). The molecule has 0 bridgehead atoms. The molecule has 3 N–H and O–H groups in total. The highest BCUT2D eigenvalue weighted by Crippen LogP contribution is 2.55. The number of hydrogen-bond acceptors (Lipinski definition) is 3. The van der Waals surface area contributed by atoms with E-state index < -0.39 is 7.60 Å². The Morgan fingerprint density at radius 1 is 1.62 bits per heavy atom. The highest BCUT2D eigenvalue weighted by Gasteiger charge is 2.44. The quantitative estimate of drug-likeness (QED) is 0.633. The molecule has 0 radical (unpaired) electrons. The molecular weight excluding hydrogens is 189 g/mol. The molecule has 0 aromatic carbocycles. The molecule has 0 aliphatic carbocycles. The van der Waals surface area contributed by atoms with Gasteiger partial charge in [0.25, 0.3) is 0 Å². The maximum absolute atomic E-state index is 11.5. The van der Waals surface area contributed by atoms with E-state index in [1.54, 1.807) is 6.92 Å². The predicted molar refractivity (Wildman–Crippen MR) is 51.5 cm³/mol. The van der Waals surface area contributed by atoms with Gasteiger partial charge in [-0.3, -0.25) is 4.57 Å².